The van der Waals surface area contributed by atoms with Crippen LogP contribution in [-0.4, -0.2) is 21.2 Å². The van der Waals surface area contributed by atoms with E-state index in [1.807, 2.05) is 0 Å². The minimum absolute atomic E-state index is 0.277. The van der Waals surface area contributed by atoms with E-state index in [0.717, 1.165) is 11.3 Å². The van der Waals surface area contributed by atoms with Crippen molar-refractivity contribution in [1.82, 2.24) is 4.98 Å². The molecule has 66 valence electrons. The summed E-state index contributed by atoms with van der Waals surface area (Å²) in [5.74, 6) is -1.06. The fraction of sp³-hybridized carbons (Fsp3) is 0.333. The van der Waals surface area contributed by atoms with Crippen molar-refractivity contribution >= 4 is 28.9 Å². The summed E-state index contributed by atoms with van der Waals surface area (Å²) in [7, 11) is 0. The second kappa shape index (κ2) is 3.84. The first-order valence-corrected chi connectivity index (χ1v) is 4.36. The molecule has 0 aliphatic heterocycles. The summed E-state index contributed by atoms with van der Waals surface area (Å²) in [5, 5.41) is 19.7. The molecule has 1 aromatic rings. The molecule has 1 heterocycles. The van der Waals surface area contributed by atoms with Crippen molar-refractivity contribution in [2.45, 2.75) is 12.5 Å². The summed E-state index contributed by atoms with van der Waals surface area (Å²) in [5.41, 5.74) is 0. The zero-order chi connectivity index (χ0) is 9.14. The zero-order valence-corrected chi connectivity index (χ0v) is 7.47. The minimum Gasteiger partial charge on any atom is -0.481 e. The Morgan fingerprint density at radius 1 is 1.83 bits per heavy atom. The second-order valence-corrected chi connectivity index (χ2v) is 3.40. The van der Waals surface area contributed by atoms with E-state index in [9.17, 15) is 9.90 Å². The summed E-state index contributed by atoms with van der Waals surface area (Å²) in [6.07, 6.45) is -1.40. The number of halogens is 1. The summed E-state index contributed by atoms with van der Waals surface area (Å²) in [4.78, 5) is 13.9. The van der Waals surface area contributed by atoms with Crippen LogP contribution < -0.4 is 0 Å². The Morgan fingerprint density at radius 3 is 2.92 bits per heavy atom. The zero-order valence-electron chi connectivity index (χ0n) is 5.90. The maximum atomic E-state index is 10.2. The summed E-state index contributed by atoms with van der Waals surface area (Å²) >= 11 is 6.63. The number of aromatic nitrogens is 1. The fourth-order valence-electron chi connectivity index (χ4n) is 0.673. The molecule has 12 heavy (non-hydrogen) atoms. The number of hydrogen-bond donors (Lipinski definition) is 2. The lowest BCUT2D eigenvalue weighted by Crippen LogP contribution is -2.04. The molecule has 1 atom stereocenters. The monoisotopic (exact) mass is 207 g/mol. The van der Waals surface area contributed by atoms with E-state index < -0.39 is 12.1 Å². The number of carboxylic acid groups (broad SMARTS) is 1. The van der Waals surface area contributed by atoms with Crippen molar-refractivity contribution in [1.29, 1.82) is 0 Å². The highest BCUT2D eigenvalue weighted by molar-refractivity contribution is 7.10. The van der Waals surface area contributed by atoms with Crippen molar-refractivity contribution < 1.29 is 15.0 Å². The molecule has 0 saturated heterocycles. The lowest BCUT2D eigenvalue weighted by molar-refractivity contribution is -0.139. The highest BCUT2D eigenvalue weighted by Gasteiger charge is 2.15. The first-order valence-electron chi connectivity index (χ1n) is 3.10. The van der Waals surface area contributed by atoms with Gasteiger partial charge in [-0.15, -0.1) is 11.3 Å². The third-order valence-electron chi connectivity index (χ3n) is 1.15. The molecular weight excluding hydrogens is 202 g/mol. The van der Waals surface area contributed by atoms with Crippen LogP contribution in [0.2, 0.25) is 5.15 Å². The van der Waals surface area contributed by atoms with Crippen LogP contribution >= 0.6 is 22.9 Å². The van der Waals surface area contributed by atoms with Gasteiger partial charge in [0.1, 0.15) is 16.3 Å². The normalized spacial score (nSPS) is 12.8. The van der Waals surface area contributed by atoms with Gasteiger partial charge >= 0.3 is 5.97 Å². The van der Waals surface area contributed by atoms with E-state index in [1.165, 1.54) is 0 Å². The third kappa shape index (κ3) is 2.44. The molecule has 0 aliphatic rings. The molecule has 0 saturated carbocycles. The molecule has 1 aromatic heterocycles. The molecule has 0 aliphatic carbocycles. The third-order valence-corrected chi connectivity index (χ3v) is 2.42. The van der Waals surface area contributed by atoms with Crippen LogP contribution in [0.4, 0.5) is 0 Å². The average Bonchev–Trinajstić information content (AvgIpc) is 2.34. The lowest BCUT2D eigenvalue weighted by atomic mass is 10.3. The minimum atomic E-state index is -1.06. The van der Waals surface area contributed by atoms with Crippen molar-refractivity contribution in [3.05, 3.63) is 15.5 Å². The van der Waals surface area contributed by atoms with Crippen LogP contribution in [0.15, 0.2) is 5.38 Å². The molecule has 0 radical (unpaired) electrons. The Labute approximate surface area is 77.4 Å². The Kier molecular flexibility index (Phi) is 3.02. The van der Waals surface area contributed by atoms with Crippen molar-refractivity contribution in [2.24, 2.45) is 0 Å². The summed E-state index contributed by atoms with van der Waals surface area (Å²) in [6.45, 7) is 0. The van der Waals surface area contributed by atoms with E-state index >= 15 is 0 Å². The number of aliphatic hydroxyl groups excluding tert-OH is 1. The van der Waals surface area contributed by atoms with Gasteiger partial charge in [-0.2, -0.15) is 0 Å². The van der Waals surface area contributed by atoms with Gasteiger partial charge in [-0.1, -0.05) is 11.6 Å². The Balaban J connectivity index is 2.64. The van der Waals surface area contributed by atoms with E-state index in [2.05, 4.69) is 4.98 Å². The molecule has 1 rings (SSSR count). The number of thiazole rings is 1. The number of aliphatic hydroxyl groups is 1. The van der Waals surface area contributed by atoms with Gasteiger partial charge in [0.05, 0.1) is 6.42 Å². The Hall–Kier alpha value is -0.650. The fourth-order valence-corrected chi connectivity index (χ4v) is 1.61. The SMILES string of the molecule is O=C(O)CC(O)c1nc(Cl)cs1. The van der Waals surface area contributed by atoms with Gasteiger partial charge in [-0.3, -0.25) is 4.79 Å². The van der Waals surface area contributed by atoms with Crippen LogP contribution in [0.3, 0.4) is 0 Å². The Morgan fingerprint density at radius 2 is 2.50 bits per heavy atom. The highest BCUT2D eigenvalue weighted by atomic mass is 35.5. The number of carbonyl (C=O) groups is 1. The van der Waals surface area contributed by atoms with E-state index in [-0.39, 0.29) is 11.6 Å². The summed E-state index contributed by atoms with van der Waals surface area (Å²) in [6, 6.07) is 0. The molecule has 0 fully saturated rings. The number of nitrogens with zero attached hydrogens (tertiary/aromatic N) is 1. The lowest BCUT2D eigenvalue weighted by Gasteiger charge is -2.01. The van der Waals surface area contributed by atoms with Crippen LogP contribution in [0.25, 0.3) is 0 Å². The van der Waals surface area contributed by atoms with Crippen molar-refractivity contribution in [2.75, 3.05) is 0 Å². The van der Waals surface area contributed by atoms with Crippen molar-refractivity contribution in [3.63, 3.8) is 0 Å². The molecule has 0 amide bonds. The second-order valence-electron chi connectivity index (χ2n) is 2.12. The molecule has 1 unspecified atom stereocenters. The number of rotatable bonds is 3. The van der Waals surface area contributed by atoms with Crippen LogP contribution in [0.5, 0.6) is 0 Å². The molecule has 6 heteroatoms. The maximum absolute atomic E-state index is 10.2. The van der Waals surface area contributed by atoms with Gasteiger partial charge in [0.25, 0.3) is 0 Å². The van der Waals surface area contributed by atoms with E-state index in [0.29, 0.717) is 5.01 Å². The van der Waals surface area contributed by atoms with Gasteiger partial charge in [0, 0.05) is 5.38 Å². The van der Waals surface area contributed by atoms with Gasteiger partial charge in [0.2, 0.25) is 0 Å². The van der Waals surface area contributed by atoms with Crippen LogP contribution in [0, 0.1) is 0 Å². The molecule has 0 bridgehead atoms. The highest BCUT2D eigenvalue weighted by Crippen LogP contribution is 2.22. The van der Waals surface area contributed by atoms with Crippen LogP contribution in [0.1, 0.15) is 17.5 Å². The number of hydrogen-bond acceptors (Lipinski definition) is 4. The summed E-state index contributed by atoms with van der Waals surface area (Å²) < 4.78 is 0. The predicted octanol–water partition coefficient (Wildman–Crippen LogP) is 1.30. The van der Waals surface area contributed by atoms with Gasteiger partial charge < -0.3 is 10.2 Å². The van der Waals surface area contributed by atoms with Gasteiger partial charge in [-0.05, 0) is 0 Å². The molecule has 4 nitrogen and oxygen atoms in total. The standard InChI is InChI=1S/C6H6ClNO3S/c7-4-2-12-6(8-4)3(9)1-5(10)11/h2-3,9H,1H2,(H,10,11). The number of carboxylic acids is 1. The van der Waals surface area contributed by atoms with Gasteiger partial charge in [0.15, 0.2) is 0 Å². The van der Waals surface area contributed by atoms with E-state index in [1.54, 1.807) is 5.38 Å². The van der Waals surface area contributed by atoms with Crippen LogP contribution in [-0.2, 0) is 4.79 Å². The quantitative estimate of drug-likeness (QED) is 0.784. The van der Waals surface area contributed by atoms with Crippen molar-refractivity contribution in [3.8, 4) is 0 Å². The molecule has 2 N–H and O–H groups in total. The molecule has 0 spiro atoms. The first kappa shape index (κ1) is 9.44. The van der Waals surface area contributed by atoms with E-state index in [4.69, 9.17) is 16.7 Å². The predicted molar refractivity (Wildman–Crippen MR) is 44.3 cm³/mol. The Bertz CT molecular complexity index is 288. The number of aliphatic carboxylic acids is 1. The smallest absolute Gasteiger partial charge is 0.306 e. The maximum Gasteiger partial charge on any atom is 0.306 e. The largest absolute Gasteiger partial charge is 0.481 e. The van der Waals surface area contributed by atoms with Gasteiger partial charge in [-0.25, -0.2) is 4.98 Å². The first-order chi connectivity index (χ1) is 5.59. The topological polar surface area (TPSA) is 70.4 Å². The molecule has 0 aromatic carbocycles. The molecular formula is C6H6ClNO3S. The average molecular weight is 208 g/mol.